The van der Waals surface area contributed by atoms with Crippen LogP contribution in [-0.4, -0.2) is 29.4 Å². The summed E-state index contributed by atoms with van der Waals surface area (Å²) in [6, 6.07) is 4.69. The van der Waals surface area contributed by atoms with Crippen LogP contribution in [-0.2, 0) is 10.8 Å². The Labute approximate surface area is 110 Å². The molecule has 1 rings (SSSR count). The third-order valence-electron chi connectivity index (χ3n) is 2.95. The van der Waals surface area contributed by atoms with Crippen LogP contribution in [0.25, 0.3) is 0 Å². The van der Waals surface area contributed by atoms with E-state index < -0.39 is 10.8 Å². The smallest absolute Gasteiger partial charge is 0.131 e. The van der Waals surface area contributed by atoms with Crippen molar-refractivity contribution in [2.45, 2.75) is 25.1 Å². The monoisotopic (exact) mass is 273 g/mol. The van der Waals surface area contributed by atoms with E-state index in [1.165, 1.54) is 13.2 Å². The van der Waals surface area contributed by atoms with Crippen molar-refractivity contribution in [3.8, 4) is 5.75 Å². The van der Waals surface area contributed by atoms with Crippen molar-refractivity contribution in [3.05, 3.63) is 29.6 Å². The Kier molecular flexibility index (Phi) is 5.75. The predicted molar refractivity (Wildman–Crippen MR) is 72.9 cm³/mol. The average Bonchev–Trinajstić information content (AvgIpc) is 2.34. The quantitative estimate of drug-likeness (QED) is 0.864. The molecule has 0 amide bonds. The minimum atomic E-state index is -0.870. The molecule has 0 saturated heterocycles. The summed E-state index contributed by atoms with van der Waals surface area (Å²) in [5, 5.41) is 3.23. The van der Waals surface area contributed by atoms with Gasteiger partial charge in [0.1, 0.15) is 11.6 Å². The molecule has 0 spiro atoms. The maximum absolute atomic E-state index is 13.8. The molecule has 0 bridgehead atoms. The second kappa shape index (κ2) is 6.85. The van der Waals surface area contributed by atoms with Crippen LogP contribution < -0.4 is 10.1 Å². The standard InChI is InChI=1S/C13H20FNO2S/c1-9(18(4)16)8-15-10(2)12-6-5-11(17-3)7-13(12)14/h5-7,9-10,15H,8H2,1-4H3. The molecule has 102 valence electrons. The number of rotatable bonds is 6. The third kappa shape index (κ3) is 4.07. The van der Waals surface area contributed by atoms with Crippen LogP contribution in [0.5, 0.6) is 5.75 Å². The second-order valence-corrected chi connectivity index (χ2v) is 6.13. The van der Waals surface area contributed by atoms with Gasteiger partial charge in [-0.05, 0) is 19.9 Å². The SMILES string of the molecule is COc1ccc(C(C)NCC(C)S(C)=O)c(F)c1. The molecular formula is C13H20FNO2S. The minimum Gasteiger partial charge on any atom is -0.497 e. The highest BCUT2D eigenvalue weighted by molar-refractivity contribution is 7.84. The summed E-state index contributed by atoms with van der Waals surface area (Å²) < 4.78 is 30.0. The summed E-state index contributed by atoms with van der Waals surface area (Å²) in [5.74, 6) is 0.214. The van der Waals surface area contributed by atoms with E-state index in [0.29, 0.717) is 17.9 Å². The van der Waals surface area contributed by atoms with Gasteiger partial charge < -0.3 is 10.1 Å². The molecule has 5 heteroatoms. The van der Waals surface area contributed by atoms with Crippen LogP contribution in [0, 0.1) is 5.82 Å². The fourth-order valence-electron chi connectivity index (χ4n) is 1.56. The van der Waals surface area contributed by atoms with Gasteiger partial charge in [0.25, 0.3) is 0 Å². The van der Waals surface area contributed by atoms with Gasteiger partial charge in [0.05, 0.1) is 7.11 Å². The molecule has 0 heterocycles. The van der Waals surface area contributed by atoms with Crippen LogP contribution in [0.4, 0.5) is 4.39 Å². The maximum atomic E-state index is 13.8. The Hall–Kier alpha value is -0.940. The van der Waals surface area contributed by atoms with Crippen LogP contribution >= 0.6 is 0 Å². The molecular weight excluding hydrogens is 253 g/mol. The zero-order chi connectivity index (χ0) is 13.7. The number of hydrogen-bond acceptors (Lipinski definition) is 3. The molecule has 18 heavy (non-hydrogen) atoms. The van der Waals surface area contributed by atoms with Gasteiger partial charge in [-0.25, -0.2) is 4.39 Å². The fourth-order valence-corrected chi connectivity index (χ4v) is 1.89. The molecule has 3 nitrogen and oxygen atoms in total. The first kappa shape index (κ1) is 15.1. The van der Waals surface area contributed by atoms with E-state index in [2.05, 4.69) is 5.32 Å². The Balaban J connectivity index is 2.66. The first-order valence-electron chi connectivity index (χ1n) is 5.84. The number of benzene rings is 1. The lowest BCUT2D eigenvalue weighted by molar-refractivity contribution is 0.409. The van der Waals surface area contributed by atoms with E-state index in [1.807, 2.05) is 13.8 Å². The number of methoxy groups -OCH3 is 1. The molecule has 1 aromatic rings. The van der Waals surface area contributed by atoms with E-state index in [-0.39, 0.29) is 17.1 Å². The summed E-state index contributed by atoms with van der Waals surface area (Å²) in [7, 11) is 0.638. The average molecular weight is 273 g/mol. The molecule has 0 saturated carbocycles. The van der Waals surface area contributed by atoms with E-state index in [9.17, 15) is 8.60 Å². The molecule has 3 atom stereocenters. The van der Waals surface area contributed by atoms with Crippen molar-refractivity contribution in [1.29, 1.82) is 0 Å². The van der Waals surface area contributed by atoms with Gasteiger partial charge in [0.2, 0.25) is 0 Å². The van der Waals surface area contributed by atoms with Crippen molar-refractivity contribution in [2.75, 3.05) is 19.9 Å². The Morgan fingerprint density at radius 2 is 2.11 bits per heavy atom. The highest BCUT2D eigenvalue weighted by Gasteiger charge is 2.13. The van der Waals surface area contributed by atoms with Crippen LogP contribution in [0.15, 0.2) is 18.2 Å². The van der Waals surface area contributed by atoms with Crippen molar-refractivity contribution in [2.24, 2.45) is 0 Å². The largest absolute Gasteiger partial charge is 0.497 e. The van der Waals surface area contributed by atoms with Crippen molar-refractivity contribution >= 4 is 10.8 Å². The van der Waals surface area contributed by atoms with Gasteiger partial charge in [-0.1, -0.05) is 6.07 Å². The Morgan fingerprint density at radius 3 is 2.61 bits per heavy atom. The van der Waals surface area contributed by atoms with Gasteiger partial charge in [-0.3, -0.25) is 4.21 Å². The summed E-state index contributed by atoms with van der Waals surface area (Å²) in [6.07, 6.45) is 1.67. The highest BCUT2D eigenvalue weighted by atomic mass is 32.2. The lowest BCUT2D eigenvalue weighted by atomic mass is 10.1. The molecule has 1 N–H and O–H groups in total. The van der Waals surface area contributed by atoms with Crippen molar-refractivity contribution < 1.29 is 13.3 Å². The summed E-state index contributed by atoms with van der Waals surface area (Å²) in [4.78, 5) is 0. The normalized spacial score (nSPS) is 16.1. The van der Waals surface area contributed by atoms with E-state index in [0.717, 1.165) is 0 Å². The summed E-state index contributed by atoms with van der Waals surface area (Å²) in [5.41, 5.74) is 0.588. The zero-order valence-corrected chi connectivity index (χ0v) is 12.0. The molecule has 0 aliphatic carbocycles. The third-order valence-corrected chi connectivity index (χ3v) is 4.25. The number of halogens is 1. The van der Waals surface area contributed by atoms with Gasteiger partial charge in [0, 0.05) is 46.5 Å². The predicted octanol–water partition coefficient (Wildman–Crippen LogP) is 2.25. The summed E-state index contributed by atoms with van der Waals surface area (Å²) >= 11 is 0. The van der Waals surface area contributed by atoms with Gasteiger partial charge in [-0.15, -0.1) is 0 Å². The maximum Gasteiger partial charge on any atom is 0.131 e. The molecule has 0 aliphatic heterocycles. The van der Waals surface area contributed by atoms with E-state index in [4.69, 9.17) is 4.74 Å². The summed E-state index contributed by atoms with van der Waals surface area (Å²) in [6.45, 7) is 4.38. The topological polar surface area (TPSA) is 38.3 Å². The molecule has 0 radical (unpaired) electrons. The lowest BCUT2D eigenvalue weighted by Gasteiger charge is -2.17. The van der Waals surface area contributed by atoms with E-state index >= 15 is 0 Å². The number of ether oxygens (including phenoxy) is 1. The van der Waals surface area contributed by atoms with Crippen molar-refractivity contribution in [1.82, 2.24) is 5.32 Å². The molecule has 0 aliphatic rings. The Morgan fingerprint density at radius 1 is 1.44 bits per heavy atom. The minimum absolute atomic E-state index is 0.0498. The lowest BCUT2D eigenvalue weighted by Crippen LogP contribution is -2.30. The first-order chi connectivity index (χ1) is 8.45. The number of nitrogens with one attached hydrogen (secondary N) is 1. The van der Waals surface area contributed by atoms with E-state index in [1.54, 1.807) is 18.4 Å². The second-order valence-electron chi connectivity index (χ2n) is 4.33. The van der Waals surface area contributed by atoms with Crippen LogP contribution in [0.2, 0.25) is 0 Å². The first-order valence-corrected chi connectivity index (χ1v) is 7.47. The van der Waals surface area contributed by atoms with Gasteiger partial charge in [0.15, 0.2) is 0 Å². The van der Waals surface area contributed by atoms with Gasteiger partial charge >= 0.3 is 0 Å². The fraction of sp³-hybridized carbons (Fsp3) is 0.538. The molecule has 1 aromatic carbocycles. The highest BCUT2D eigenvalue weighted by Crippen LogP contribution is 2.21. The Bertz CT molecular complexity index is 425. The van der Waals surface area contributed by atoms with Crippen LogP contribution in [0.3, 0.4) is 0 Å². The molecule has 3 unspecified atom stereocenters. The van der Waals surface area contributed by atoms with Crippen molar-refractivity contribution in [3.63, 3.8) is 0 Å². The zero-order valence-electron chi connectivity index (χ0n) is 11.2. The molecule has 0 fully saturated rings. The molecule has 0 aromatic heterocycles. The van der Waals surface area contributed by atoms with Gasteiger partial charge in [-0.2, -0.15) is 0 Å². The van der Waals surface area contributed by atoms with Crippen LogP contribution in [0.1, 0.15) is 25.5 Å². The number of hydrogen-bond donors (Lipinski definition) is 1.